The number of hydrogen-bond acceptors (Lipinski definition) is 2. The number of aryl methyl sites for hydroxylation is 1. The highest BCUT2D eigenvalue weighted by Gasteiger charge is 2.07. The number of halogens is 2. The van der Waals surface area contributed by atoms with Crippen molar-refractivity contribution in [1.29, 1.82) is 0 Å². The van der Waals surface area contributed by atoms with Gasteiger partial charge in [0, 0.05) is 5.54 Å². The molecule has 1 aromatic rings. The zero-order chi connectivity index (χ0) is 12.1. The highest BCUT2D eigenvalue weighted by molar-refractivity contribution is 6.36. The molecular formula is C11H10Cl2O3. The van der Waals surface area contributed by atoms with E-state index in [1.807, 2.05) is 0 Å². The van der Waals surface area contributed by atoms with E-state index in [2.05, 4.69) is 0 Å². The predicted octanol–water partition coefficient (Wildman–Crippen LogP) is 3.39. The van der Waals surface area contributed by atoms with Gasteiger partial charge in [-0.05, 0) is 30.7 Å². The van der Waals surface area contributed by atoms with Gasteiger partial charge in [0.2, 0.25) is 0 Å². The van der Waals surface area contributed by atoms with Gasteiger partial charge >= 0.3 is 5.97 Å². The Kier molecular flexibility index (Phi) is 4.65. The van der Waals surface area contributed by atoms with Crippen LogP contribution in [-0.4, -0.2) is 17.7 Å². The molecule has 16 heavy (non-hydrogen) atoms. The summed E-state index contributed by atoms with van der Waals surface area (Å²) in [6.07, 6.45) is 0. The van der Waals surface area contributed by atoms with E-state index in [0.717, 1.165) is 0 Å². The Morgan fingerprint density at radius 1 is 1.56 bits per heavy atom. The maximum atomic E-state index is 10.8. The van der Waals surface area contributed by atoms with E-state index in [9.17, 15) is 4.79 Å². The normalized spacial score (nSPS) is 11.3. The molecule has 0 saturated heterocycles. The summed E-state index contributed by atoms with van der Waals surface area (Å²) in [4.78, 5) is 10.8. The van der Waals surface area contributed by atoms with Gasteiger partial charge in [0.1, 0.15) is 12.4 Å². The third kappa shape index (κ3) is 3.43. The number of ether oxygens (including phenoxy) is 1. The van der Waals surface area contributed by atoms with Crippen LogP contribution in [0.3, 0.4) is 0 Å². The molecule has 0 heterocycles. The van der Waals surface area contributed by atoms with Gasteiger partial charge in [0.25, 0.3) is 0 Å². The van der Waals surface area contributed by atoms with Crippen LogP contribution in [-0.2, 0) is 0 Å². The van der Waals surface area contributed by atoms with E-state index in [4.69, 9.17) is 33.0 Å². The molecule has 0 saturated carbocycles. The van der Waals surface area contributed by atoms with E-state index >= 15 is 0 Å². The topological polar surface area (TPSA) is 46.5 Å². The fourth-order valence-corrected chi connectivity index (χ4v) is 1.27. The van der Waals surface area contributed by atoms with Crippen LogP contribution in [0, 0.1) is 6.92 Å². The first kappa shape index (κ1) is 12.9. The smallest absolute Gasteiger partial charge is 0.335 e. The molecule has 0 aliphatic heterocycles. The molecule has 0 radical (unpaired) electrons. The van der Waals surface area contributed by atoms with Crippen molar-refractivity contribution in [3.8, 4) is 5.75 Å². The van der Waals surface area contributed by atoms with Crippen molar-refractivity contribution in [2.45, 2.75) is 6.92 Å². The van der Waals surface area contributed by atoms with Crippen LogP contribution in [0.4, 0.5) is 0 Å². The van der Waals surface area contributed by atoms with Gasteiger partial charge in [0.05, 0.1) is 10.6 Å². The van der Waals surface area contributed by atoms with Crippen molar-refractivity contribution in [3.05, 3.63) is 39.9 Å². The third-order valence-corrected chi connectivity index (χ3v) is 2.52. The molecule has 1 aromatic carbocycles. The Morgan fingerprint density at radius 2 is 2.25 bits per heavy atom. The van der Waals surface area contributed by atoms with Crippen LogP contribution < -0.4 is 4.74 Å². The Labute approximate surface area is 103 Å². The van der Waals surface area contributed by atoms with E-state index in [1.54, 1.807) is 19.1 Å². The summed E-state index contributed by atoms with van der Waals surface area (Å²) >= 11 is 11.0. The van der Waals surface area contributed by atoms with Gasteiger partial charge in [-0.2, -0.15) is 0 Å². The highest BCUT2D eigenvalue weighted by Crippen LogP contribution is 2.18. The van der Waals surface area contributed by atoms with E-state index < -0.39 is 5.97 Å². The van der Waals surface area contributed by atoms with Crippen molar-refractivity contribution < 1.29 is 14.6 Å². The second-order valence-electron chi connectivity index (χ2n) is 3.13. The maximum absolute atomic E-state index is 10.8. The number of benzene rings is 1. The minimum Gasteiger partial charge on any atom is -0.488 e. The molecule has 0 aliphatic carbocycles. The van der Waals surface area contributed by atoms with E-state index in [-0.39, 0.29) is 12.2 Å². The number of aromatic carboxylic acids is 1. The minimum absolute atomic E-state index is 0.164. The first-order chi connectivity index (χ1) is 7.54. The summed E-state index contributed by atoms with van der Waals surface area (Å²) in [7, 11) is 0. The van der Waals surface area contributed by atoms with E-state index in [1.165, 1.54) is 11.6 Å². The lowest BCUT2D eigenvalue weighted by Crippen LogP contribution is -2.01. The van der Waals surface area contributed by atoms with Crippen LogP contribution >= 0.6 is 23.2 Å². The summed E-state index contributed by atoms with van der Waals surface area (Å²) < 4.78 is 5.30. The summed E-state index contributed by atoms with van der Waals surface area (Å²) in [5, 5.41) is 9.20. The Bertz CT molecular complexity index is 427. The van der Waals surface area contributed by atoms with Crippen molar-refractivity contribution >= 4 is 29.2 Å². The van der Waals surface area contributed by atoms with Crippen LogP contribution in [0.1, 0.15) is 15.9 Å². The maximum Gasteiger partial charge on any atom is 0.335 e. The molecular weight excluding hydrogens is 251 g/mol. The van der Waals surface area contributed by atoms with Crippen LogP contribution in [0.2, 0.25) is 0 Å². The first-order valence-electron chi connectivity index (χ1n) is 4.46. The fourth-order valence-electron chi connectivity index (χ4n) is 1.15. The van der Waals surface area contributed by atoms with Crippen molar-refractivity contribution in [2.75, 3.05) is 6.61 Å². The van der Waals surface area contributed by atoms with Crippen molar-refractivity contribution in [2.24, 2.45) is 0 Å². The molecule has 0 bridgehead atoms. The summed E-state index contributed by atoms with van der Waals surface area (Å²) in [5.41, 5.74) is 2.11. The second kappa shape index (κ2) is 5.77. The molecule has 3 nitrogen and oxygen atoms in total. The highest BCUT2D eigenvalue weighted by atomic mass is 35.5. The molecule has 0 amide bonds. The lowest BCUT2D eigenvalue weighted by atomic mass is 10.1. The summed E-state index contributed by atoms with van der Waals surface area (Å²) in [6, 6.07) is 4.71. The Hall–Kier alpha value is -1.19. The molecule has 86 valence electrons. The third-order valence-electron chi connectivity index (χ3n) is 1.92. The lowest BCUT2D eigenvalue weighted by molar-refractivity contribution is 0.0696. The Morgan fingerprint density at radius 3 is 2.75 bits per heavy atom. The lowest BCUT2D eigenvalue weighted by Gasteiger charge is -2.07. The van der Waals surface area contributed by atoms with Gasteiger partial charge in [-0.1, -0.05) is 23.2 Å². The molecule has 0 atom stereocenters. The minimum atomic E-state index is -0.956. The van der Waals surface area contributed by atoms with Crippen LogP contribution in [0.15, 0.2) is 28.8 Å². The molecule has 0 unspecified atom stereocenters. The monoisotopic (exact) mass is 260 g/mol. The number of hydrogen-bond donors (Lipinski definition) is 1. The summed E-state index contributed by atoms with van der Waals surface area (Å²) in [6.45, 7) is 1.87. The standard InChI is InChI=1S/C11H10Cl2O3/c1-7-4-9(16-6-8(13)5-12)2-3-10(7)11(14)15/h2-5H,6H2,1H3,(H,14,15)/b8-5-. The number of carboxylic acids is 1. The molecule has 0 spiro atoms. The van der Waals surface area contributed by atoms with Gasteiger partial charge in [0.15, 0.2) is 0 Å². The Balaban J connectivity index is 2.78. The van der Waals surface area contributed by atoms with Gasteiger partial charge < -0.3 is 9.84 Å². The molecule has 0 aromatic heterocycles. The van der Waals surface area contributed by atoms with Crippen molar-refractivity contribution in [1.82, 2.24) is 0 Å². The van der Waals surface area contributed by atoms with Gasteiger partial charge in [-0.25, -0.2) is 4.79 Å². The second-order valence-corrected chi connectivity index (χ2v) is 3.83. The largest absolute Gasteiger partial charge is 0.488 e. The van der Waals surface area contributed by atoms with Crippen molar-refractivity contribution in [3.63, 3.8) is 0 Å². The van der Waals surface area contributed by atoms with Gasteiger partial charge in [-0.3, -0.25) is 0 Å². The molecule has 0 fully saturated rings. The average molecular weight is 261 g/mol. The zero-order valence-corrected chi connectivity index (χ0v) is 10.0. The zero-order valence-electron chi connectivity index (χ0n) is 8.54. The van der Waals surface area contributed by atoms with Gasteiger partial charge in [-0.15, -0.1) is 0 Å². The molecule has 0 aliphatic rings. The fraction of sp³-hybridized carbons (Fsp3) is 0.182. The average Bonchev–Trinajstić information content (AvgIpc) is 2.25. The predicted molar refractivity (Wildman–Crippen MR) is 63.4 cm³/mol. The number of carbonyl (C=O) groups is 1. The number of carboxylic acid groups (broad SMARTS) is 1. The number of rotatable bonds is 4. The SMILES string of the molecule is Cc1cc(OC/C(Cl)=C/Cl)ccc1C(=O)O. The summed E-state index contributed by atoms with van der Waals surface area (Å²) in [5.74, 6) is -0.401. The molecule has 1 rings (SSSR count). The van der Waals surface area contributed by atoms with Crippen LogP contribution in [0.25, 0.3) is 0 Å². The molecule has 5 heteroatoms. The molecule has 1 N–H and O–H groups in total. The van der Waals surface area contributed by atoms with Crippen LogP contribution in [0.5, 0.6) is 5.75 Å². The van der Waals surface area contributed by atoms with E-state index in [0.29, 0.717) is 16.3 Å². The quantitative estimate of drug-likeness (QED) is 0.903. The first-order valence-corrected chi connectivity index (χ1v) is 5.27.